The maximum absolute atomic E-state index is 14.5. The number of fused-ring (bicyclic) bond motifs is 1. The van der Waals surface area contributed by atoms with E-state index in [1.165, 1.54) is 24.6 Å². The summed E-state index contributed by atoms with van der Waals surface area (Å²) in [4.78, 5) is 29.5. The minimum absolute atomic E-state index is 0.0932. The van der Waals surface area contributed by atoms with Crippen LogP contribution in [-0.2, 0) is 6.54 Å². The SMILES string of the molecule is CCn1c(=O)c(-c2ccc(-c3cccnc3F)cc2C2CC2)cc2cnc(Nc3ccc(C4CCN(C)CC4)cc3)nc21. The van der Waals surface area contributed by atoms with E-state index in [1.54, 1.807) is 22.9 Å². The maximum atomic E-state index is 14.5. The Morgan fingerprint density at radius 3 is 2.42 bits per heavy atom. The number of hydrogen-bond acceptors (Lipinski definition) is 6. The number of aryl methyl sites for hydroxylation is 1. The van der Waals surface area contributed by atoms with Gasteiger partial charge >= 0.3 is 0 Å². The van der Waals surface area contributed by atoms with Gasteiger partial charge in [-0.05, 0) is 117 Å². The van der Waals surface area contributed by atoms with Crippen LogP contribution in [0.15, 0.2) is 77.9 Å². The zero-order chi connectivity index (χ0) is 29.5. The Bertz CT molecular complexity index is 1860. The molecule has 2 fully saturated rings. The minimum Gasteiger partial charge on any atom is -0.324 e. The quantitative estimate of drug-likeness (QED) is 0.209. The Kier molecular flexibility index (Phi) is 7.23. The van der Waals surface area contributed by atoms with Crippen LogP contribution in [0.4, 0.5) is 16.0 Å². The molecule has 0 amide bonds. The van der Waals surface area contributed by atoms with Crippen molar-refractivity contribution in [2.45, 2.75) is 51.0 Å². The topological polar surface area (TPSA) is 75.9 Å². The van der Waals surface area contributed by atoms with Crippen LogP contribution in [0.5, 0.6) is 0 Å². The molecule has 8 heteroatoms. The predicted octanol–water partition coefficient (Wildman–Crippen LogP) is 7.11. The predicted molar refractivity (Wildman–Crippen MR) is 169 cm³/mol. The lowest BCUT2D eigenvalue weighted by Gasteiger charge is -2.29. The van der Waals surface area contributed by atoms with Crippen molar-refractivity contribution in [2.24, 2.45) is 0 Å². The number of rotatable bonds is 7. The van der Waals surface area contributed by atoms with E-state index in [0.29, 0.717) is 41.1 Å². The van der Waals surface area contributed by atoms with E-state index < -0.39 is 5.95 Å². The smallest absolute Gasteiger partial charge is 0.260 e. The fraction of sp³-hybridized carbons (Fsp3) is 0.314. The number of anilines is 2. The highest BCUT2D eigenvalue weighted by atomic mass is 19.1. The van der Waals surface area contributed by atoms with Gasteiger partial charge in [-0.2, -0.15) is 9.37 Å². The van der Waals surface area contributed by atoms with Gasteiger partial charge in [0.25, 0.3) is 5.56 Å². The molecule has 5 aromatic rings. The summed E-state index contributed by atoms with van der Waals surface area (Å²) < 4.78 is 16.2. The Balaban J connectivity index is 1.21. The number of aromatic nitrogens is 4. The Labute approximate surface area is 250 Å². The Morgan fingerprint density at radius 2 is 1.70 bits per heavy atom. The Morgan fingerprint density at radius 1 is 0.907 bits per heavy atom. The molecular weight excluding hydrogens is 539 g/mol. The van der Waals surface area contributed by atoms with Crippen molar-refractivity contribution in [2.75, 3.05) is 25.5 Å². The number of likely N-dealkylation sites (tertiary alicyclic amines) is 1. The summed E-state index contributed by atoms with van der Waals surface area (Å²) in [6.07, 6.45) is 7.71. The van der Waals surface area contributed by atoms with Gasteiger partial charge in [-0.1, -0.05) is 30.3 Å². The largest absolute Gasteiger partial charge is 0.324 e. The second-order valence-corrected chi connectivity index (χ2v) is 11.8. The molecule has 43 heavy (non-hydrogen) atoms. The molecule has 1 saturated heterocycles. The summed E-state index contributed by atoms with van der Waals surface area (Å²) in [6, 6.07) is 19.8. The summed E-state index contributed by atoms with van der Waals surface area (Å²) in [7, 11) is 2.18. The van der Waals surface area contributed by atoms with Gasteiger partial charge in [-0.15, -0.1) is 0 Å². The molecule has 1 saturated carbocycles. The zero-order valence-electron chi connectivity index (χ0n) is 24.6. The van der Waals surface area contributed by atoms with Crippen molar-refractivity contribution in [3.8, 4) is 22.3 Å². The lowest BCUT2D eigenvalue weighted by Crippen LogP contribution is -2.29. The third-order valence-corrected chi connectivity index (χ3v) is 8.93. The lowest BCUT2D eigenvalue weighted by molar-refractivity contribution is 0.255. The highest BCUT2D eigenvalue weighted by Crippen LogP contribution is 2.45. The van der Waals surface area contributed by atoms with E-state index in [1.807, 2.05) is 31.2 Å². The molecule has 0 radical (unpaired) electrons. The molecule has 218 valence electrons. The summed E-state index contributed by atoms with van der Waals surface area (Å²) in [5.74, 6) is 0.915. The van der Waals surface area contributed by atoms with E-state index in [2.05, 4.69) is 51.5 Å². The van der Waals surface area contributed by atoms with Gasteiger partial charge in [-0.25, -0.2) is 9.97 Å². The van der Waals surface area contributed by atoms with Gasteiger partial charge in [0.15, 0.2) is 0 Å². The average molecular weight is 575 g/mol. The second-order valence-electron chi connectivity index (χ2n) is 11.8. The van der Waals surface area contributed by atoms with Crippen molar-refractivity contribution in [1.29, 1.82) is 0 Å². The number of piperidine rings is 1. The van der Waals surface area contributed by atoms with Crippen LogP contribution < -0.4 is 10.9 Å². The first-order valence-electron chi connectivity index (χ1n) is 15.2. The van der Waals surface area contributed by atoms with Crippen molar-refractivity contribution in [3.05, 3.63) is 100 Å². The average Bonchev–Trinajstić information content (AvgIpc) is 3.88. The lowest BCUT2D eigenvalue weighted by atomic mass is 9.89. The van der Waals surface area contributed by atoms with Crippen LogP contribution in [0, 0.1) is 5.95 Å². The third-order valence-electron chi connectivity index (χ3n) is 8.93. The standard InChI is InChI=1S/C35H35FN6O/c1-3-42-33-26(21-38-35(40-33)39-27-11-8-22(9-12-27)23-14-17-41(2)18-15-23)20-31(34(42)43)29-13-10-25(19-30(29)24-6-7-24)28-5-4-16-37-32(28)36/h4-5,8-13,16,19-21,23-24H,3,6-7,14-15,17-18H2,1-2H3,(H,38,39,40). The van der Waals surface area contributed by atoms with Crippen molar-refractivity contribution < 1.29 is 4.39 Å². The molecule has 7 rings (SSSR count). The van der Waals surface area contributed by atoms with Crippen molar-refractivity contribution >= 4 is 22.7 Å². The van der Waals surface area contributed by atoms with Gasteiger partial charge < -0.3 is 10.2 Å². The molecule has 0 bridgehead atoms. The van der Waals surface area contributed by atoms with Gasteiger partial charge in [0.05, 0.1) is 0 Å². The molecule has 4 heterocycles. The first-order chi connectivity index (χ1) is 21.0. The van der Waals surface area contributed by atoms with E-state index in [4.69, 9.17) is 4.98 Å². The van der Waals surface area contributed by atoms with Gasteiger partial charge in [-0.3, -0.25) is 9.36 Å². The van der Waals surface area contributed by atoms with E-state index >= 15 is 0 Å². The van der Waals surface area contributed by atoms with Crippen LogP contribution in [0.2, 0.25) is 0 Å². The van der Waals surface area contributed by atoms with Gasteiger partial charge in [0, 0.05) is 41.1 Å². The summed E-state index contributed by atoms with van der Waals surface area (Å²) in [5.41, 5.74) is 6.59. The van der Waals surface area contributed by atoms with Gasteiger partial charge in [0.2, 0.25) is 11.9 Å². The third kappa shape index (κ3) is 5.43. The number of nitrogens with zero attached hydrogens (tertiary/aromatic N) is 5. The van der Waals surface area contributed by atoms with E-state index in [9.17, 15) is 9.18 Å². The van der Waals surface area contributed by atoms with Crippen LogP contribution in [0.25, 0.3) is 33.3 Å². The number of benzene rings is 2. The molecule has 2 aliphatic rings. The molecular formula is C35H35FN6O. The van der Waals surface area contributed by atoms with Crippen molar-refractivity contribution in [3.63, 3.8) is 0 Å². The molecule has 2 aromatic carbocycles. The summed E-state index contributed by atoms with van der Waals surface area (Å²) in [5, 5.41) is 4.12. The van der Waals surface area contributed by atoms with E-state index in [0.717, 1.165) is 53.7 Å². The highest BCUT2D eigenvalue weighted by molar-refractivity contribution is 5.84. The number of pyridine rings is 2. The monoisotopic (exact) mass is 574 g/mol. The maximum Gasteiger partial charge on any atom is 0.260 e. The molecule has 1 N–H and O–H groups in total. The zero-order valence-corrected chi connectivity index (χ0v) is 24.6. The summed E-state index contributed by atoms with van der Waals surface area (Å²) >= 11 is 0. The molecule has 1 aliphatic carbocycles. The van der Waals surface area contributed by atoms with Crippen molar-refractivity contribution in [1.82, 2.24) is 24.4 Å². The molecule has 1 aliphatic heterocycles. The van der Waals surface area contributed by atoms with Crippen LogP contribution >= 0.6 is 0 Å². The molecule has 7 nitrogen and oxygen atoms in total. The van der Waals surface area contributed by atoms with E-state index in [-0.39, 0.29) is 5.56 Å². The summed E-state index contributed by atoms with van der Waals surface area (Å²) in [6.45, 7) is 4.70. The highest BCUT2D eigenvalue weighted by Gasteiger charge is 2.28. The molecule has 0 unspecified atom stereocenters. The normalized spacial score (nSPS) is 16.1. The van der Waals surface area contributed by atoms with Crippen LogP contribution in [0.3, 0.4) is 0 Å². The molecule has 0 atom stereocenters. The second kappa shape index (κ2) is 11.3. The first kappa shape index (κ1) is 27.4. The fourth-order valence-corrected chi connectivity index (χ4v) is 6.32. The molecule has 0 spiro atoms. The number of nitrogens with one attached hydrogen (secondary N) is 1. The van der Waals surface area contributed by atoms with Crippen LogP contribution in [-0.4, -0.2) is 44.6 Å². The fourth-order valence-electron chi connectivity index (χ4n) is 6.32. The minimum atomic E-state index is -0.495. The molecule has 3 aromatic heterocycles. The number of halogens is 1. The van der Waals surface area contributed by atoms with Gasteiger partial charge in [0.1, 0.15) is 5.65 Å². The Hall–Kier alpha value is -4.43. The number of hydrogen-bond donors (Lipinski definition) is 1. The first-order valence-corrected chi connectivity index (χ1v) is 15.2. The van der Waals surface area contributed by atoms with Crippen LogP contribution in [0.1, 0.15) is 55.6 Å².